The summed E-state index contributed by atoms with van der Waals surface area (Å²) in [5.74, 6) is -0.464. The average molecular weight is 322 g/mol. The third-order valence-corrected chi connectivity index (χ3v) is 5.32. The Kier molecular flexibility index (Phi) is 3.39. The van der Waals surface area contributed by atoms with Crippen molar-refractivity contribution in [1.82, 2.24) is 10.8 Å². The van der Waals surface area contributed by atoms with E-state index in [1.54, 1.807) is 17.6 Å². The molecule has 1 spiro atoms. The van der Waals surface area contributed by atoms with Gasteiger partial charge in [-0.2, -0.15) is 0 Å². The molecular weight excluding hydrogens is 304 g/mol. The molecule has 0 bridgehead atoms. The van der Waals surface area contributed by atoms with Gasteiger partial charge in [0.15, 0.2) is 0 Å². The molecule has 1 saturated heterocycles. The highest BCUT2D eigenvalue weighted by Crippen LogP contribution is 2.54. The number of hydrogen-bond acceptors (Lipinski definition) is 3. The van der Waals surface area contributed by atoms with E-state index in [-0.39, 0.29) is 11.8 Å². The molecule has 5 nitrogen and oxygen atoms in total. The number of hydroxylamine groups is 1. The lowest BCUT2D eigenvalue weighted by molar-refractivity contribution is -0.127. The van der Waals surface area contributed by atoms with E-state index in [9.17, 15) is 9.59 Å². The minimum absolute atomic E-state index is 0.0116. The van der Waals surface area contributed by atoms with Gasteiger partial charge < -0.3 is 5.32 Å². The normalized spacial score (nSPS) is 24.7. The first-order chi connectivity index (χ1) is 11.7. The Morgan fingerprint density at radius 3 is 2.67 bits per heavy atom. The zero-order chi connectivity index (χ0) is 16.7. The van der Waals surface area contributed by atoms with Crippen LogP contribution in [0.4, 0.5) is 0 Å². The van der Waals surface area contributed by atoms with Crippen LogP contribution in [-0.2, 0) is 11.2 Å². The fraction of sp³-hybridized carbons (Fsp3) is 0.263. The summed E-state index contributed by atoms with van der Waals surface area (Å²) < 4.78 is 0. The summed E-state index contributed by atoms with van der Waals surface area (Å²) in [4.78, 5) is 24.4. The molecule has 122 valence electrons. The first-order valence-electron chi connectivity index (χ1n) is 8.06. The summed E-state index contributed by atoms with van der Waals surface area (Å²) in [5.41, 5.74) is 4.79. The number of nitrogens with one attached hydrogen (secondary N) is 2. The van der Waals surface area contributed by atoms with Crippen molar-refractivity contribution in [2.24, 2.45) is 5.41 Å². The van der Waals surface area contributed by atoms with E-state index < -0.39 is 11.3 Å². The van der Waals surface area contributed by atoms with Crippen LogP contribution in [0.3, 0.4) is 0 Å². The smallest absolute Gasteiger partial charge is 0.274 e. The Labute approximate surface area is 139 Å². The molecule has 0 aromatic heterocycles. The second kappa shape index (κ2) is 5.46. The lowest BCUT2D eigenvalue weighted by atomic mass is 9.71. The van der Waals surface area contributed by atoms with E-state index in [0.717, 1.165) is 23.1 Å². The van der Waals surface area contributed by atoms with Crippen LogP contribution >= 0.6 is 0 Å². The van der Waals surface area contributed by atoms with E-state index in [4.69, 9.17) is 5.21 Å². The average Bonchev–Trinajstić information content (AvgIpc) is 3.14. The van der Waals surface area contributed by atoms with Gasteiger partial charge >= 0.3 is 0 Å². The van der Waals surface area contributed by atoms with Crippen LogP contribution in [0.5, 0.6) is 0 Å². The van der Waals surface area contributed by atoms with Gasteiger partial charge in [0.2, 0.25) is 5.91 Å². The van der Waals surface area contributed by atoms with Crippen molar-refractivity contribution in [2.75, 3.05) is 6.54 Å². The molecule has 0 radical (unpaired) electrons. The zero-order valence-electron chi connectivity index (χ0n) is 13.1. The van der Waals surface area contributed by atoms with Crippen molar-refractivity contribution in [3.63, 3.8) is 0 Å². The number of rotatable bonds is 2. The van der Waals surface area contributed by atoms with Crippen LogP contribution in [-0.4, -0.2) is 23.6 Å². The van der Waals surface area contributed by atoms with Gasteiger partial charge in [-0.3, -0.25) is 14.8 Å². The fourth-order valence-corrected chi connectivity index (χ4v) is 4.26. The first-order valence-corrected chi connectivity index (χ1v) is 8.06. The molecule has 2 aromatic carbocycles. The van der Waals surface area contributed by atoms with Crippen molar-refractivity contribution in [2.45, 2.75) is 18.8 Å². The van der Waals surface area contributed by atoms with Crippen molar-refractivity contribution in [1.29, 1.82) is 0 Å². The van der Waals surface area contributed by atoms with Gasteiger partial charge in [-0.1, -0.05) is 36.4 Å². The lowest BCUT2D eigenvalue weighted by Crippen LogP contribution is -2.35. The topological polar surface area (TPSA) is 78.4 Å². The summed E-state index contributed by atoms with van der Waals surface area (Å²) in [6.07, 6.45) is 1.39. The summed E-state index contributed by atoms with van der Waals surface area (Å²) in [6.45, 7) is 0.681. The Hall–Kier alpha value is -2.66. The van der Waals surface area contributed by atoms with Gasteiger partial charge in [-0.15, -0.1) is 0 Å². The van der Waals surface area contributed by atoms with Crippen LogP contribution in [0.1, 0.15) is 39.4 Å². The first kappa shape index (κ1) is 14.9. The van der Waals surface area contributed by atoms with E-state index in [2.05, 4.69) is 17.4 Å². The van der Waals surface area contributed by atoms with Crippen LogP contribution in [0, 0.1) is 5.41 Å². The van der Waals surface area contributed by atoms with E-state index in [1.165, 1.54) is 0 Å². The quantitative estimate of drug-likeness (QED) is 0.584. The summed E-state index contributed by atoms with van der Waals surface area (Å²) in [6, 6.07) is 15.5. The lowest BCUT2D eigenvalue weighted by Gasteiger charge is -2.29. The van der Waals surface area contributed by atoms with Crippen molar-refractivity contribution >= 4 is 11.8 Å². The maximum absolute atomic E-state index is 12.7. The largest absolute Gasteiger partial charge is 0.356 e. The van der Waals surface area contributed by atoms with Crippen molar-refractivity contribution in [3.05, 3.63) is 70.8 Å². The highest BCUT2D eigenvalue weighted by molar-refractivity contribution is 5.94. The van der Waals surface area contributed by atoms with E-state index in [1.807, 2.05) is 24.3 Å². The van der Waals surface area contributed by atoms with Crippen LogP contribution in [0.25, 0.3) is 0 Å². The highest BCUT2D eigenvalue weighted by atomic mass is 16.5. The maximum atomic E-state index is 12.7. The third kappa shape index (κ3) is 2.05. The molecule has 1 aliphatic carbocycles. The molecular formula is C19H18N2O3. The Balaban J connectivity index is 1.87. The van der Waals surface area contributed by atoms with Gasteiger partial charge in [0.1, 0.15) is 0 Å². The van der Waals surface area contributed by atoms with E-state index in [0.29, 0.717) is 18.5 Å². The number of hydrogen-bond donors (Lipinski definition) is 3. The summed E-state index contributed by atoms with van der Waals surface area (Å²) in [7, 11) is 0. The van der Waals surface area contributed by atoms with Crippen LogP contribution in [0.2, 0.25) is 0 Å². The van der Waals surface area contributed by atoms with Gasteiger partial charge in [-0.05, 0) is 41.7 Å². The molecule has 1 aliphatic heterocycles. The predicted molar refractivity (Wildman–Crippen MR) is 87.7 cm³/mol. The molecule has 1 heterocycles. The minimum atomic E-state index is -0.536. The Morgan fingerprint density at radius 1 is 1.21 bits per heavy atom. The second-order valence-corrected chi connectivity index (χ2v) is 6.54. The zero-order valence-corrected chi connectivity index (χ0v) is 13.1. The Morgan fingerprint density at radius 2 is 2.00 bits per heavy atom. The molecule has 1 fully saturated rings. The third-order valence-electron chi connectivity index (χ3n) is 5.32. The van der Waals surface area contributed by atoms with Crippen LogP contribution < -0.4 is 10.8 Å². The number of carbonyl (C=O) groups is 2. The van der Waals surface area contributed by atoms with Gasteiger partial charge in [0, 0.05) is 18.0 Å². The molecule has 2 atom stereocenters. The Bertz CT molecular complexity index is 819. The number of benzene rings is 2. The molecule has 2 aliphatic rings. The molecule has 0 saturated carbocycles. The standard InChI is InChI=1S/C19H18N2O3/c22-17(21-24)13-6-7-15-14(10-13)11-19(8-9-20-18(19)23)16(15)12-4-2-1-3-5-12/h1-7,10,16,24H,8-9,11H2,(H,20,23)(H,21,22)/t16?,19-/m0/s1. The highest BCUT2D eigenvalue weighted by Gasteiger charge is 2.54. The van der Waals surface area contributed by atoms with E-state index >= 15 is 0 Å². The summed E-state index contributed by atoms with van der Waals surface area (Å²) >= 11 is 0. The molecule has 2 amide bonds. The molecule has 4 rings (SSSR count). The summed E-state index contributed by atoms with van der Waals surface area (Å²) in [5, 5.41) is 11.8. The second-order valence-electron chi connectivity index (χ2n) is 6.54. The van der Waals surface area contributed by atoms with Crippen LogP contribution in [0.15, 0.2) is 48.5 Å². The van der Waals surface area contributed by atoms with Gasteiger partial charge in [0.05, 0.1) is 5.41 Å². The fourth-order valence-electron chi connectivity index (χ4n) is 4.26. The minimum Gasteiger partial charge on any atom is -0.356 e. The van der Waals surface area contributed by atoms with Gasteiger partial charge in [-0.25, -0.2) is 5.48 Å². The molecule has 1 unspecified atom stereocenters. The molecule has 3 N–H and O–H groups in total. The monoisotopic (exact) mass is 322 g/mol. The SMILES string of the molecule is O=C(NO)c1ccc2c(c1)C[C@@]1(CCNC1=O)C2c1ccccc1. The number of carbonyl (C=O) groups excluding carboxylic acids is 2. The van der Waals surface area contributed by atoms with Crippen molar-refractivity contribution < 1.29 is 14.8 Å². The molecule has 5 heteroatoms. The van der Waals surface area contributed by atoms with Crippen molar-refractivity contribution in [3.8, 4) is 0 Å². The number of amides is 2. The number of fused-ring (bicyclic) bond motifs is 1. The maximum Gasteiger partial charge on any atom is 0.274 e. The molecule has 24 heavy (non-hydrogen) atoms. The predicted octanol–water partition coefficient (Wildman–Crippen LogP) is 2.00. The van der Waals surface area contributed by atoms with Gasteiger partial charge in [0.25, 0.3) is 5.91 Å². The molecule has 2 aromatic rings.